The van der Waals surface area contributed by atoms with Gasteiger partial charge in [0.15, 0.2) is 0 Å². The molecule has 2 heterocycles. The Bertz CT molecular complexity index is 1540. The van der Waals surface area contributed by atoms with Gasteiger partial charge in [-0.15, -0.1) is 22.7 Å². The lowest BCUT2D eigenvalue weighted by molar-refractivity contribution is 0.477. The Morgan fingerprint density at radius 2 is 1.24 bits per heavy atom. The summed E-state index contributed by atoms with van der Waals surface area (Å²) in [5.74, 6) is 1.68. The van der Waals surface area contributed by atoms with Crippen molar-refractivity contribution in [2.45, 2.75) is 13.8 Å². The minimum absolute atomic E-state index is 0.795. The van der Waals surface area contributed by atoms with Gasteiger partial charge in [0.25, 0.3) is 0 Å². The second-order valence-corrected chi connectivity index (χ2v) is 10.1. The third-order valence-corrected chi connectivity index (χ3v) is 7.82. The molecule has 0 amide bonds. The van der Waals surface area contributed by atoms with E-state index in [1.165, 1.54) is 9.40 Å². The number of ether oxygens (including phenoxy) is 1. The van der Waals surface area contributed by atoms with E-state index in [9.17, 15) is 0 Å². The van der Waals surface area contributed by atoms with E-state index in [1.54, 1.807) is 22.7 Å². The molecule has 0 aliphatic carbocycles. The second kappa shape index (κ2) is 8.10. The fraction of sp³-hybridized carbons (Fsp3) is 0.0714. The summed E-state index contributed by atoms with van der Waals surface area (Å²) in [6.07, 6.45) is 0. The monoisotopic (exact) mass is 464 g/mol. The van der Waals surface area contributed by atoms with Gasteiger partial charge in [-0.25, -0.2) is 9.97 Å². The number of benzene rings is 4. The molecule has 0 saturated carbocycles. The normalized spacial score (nSPS) is 11.3. The number of fused-ring (bicyclic) bond motifs is 2. The van der Waals surface area contributed by atoms with Crippen molar-refractivity contribution in [1.29, 1.82) is 0 Å². The van der Waals surface area contributed by atoms with Crippen LogP contribution in [0.5, 0.6) is 11.5 Å². The standard InChI is InChI=1S/C28H20N2OS2/c1-17-8-7-9-18(2)26(17)31-23-16-19(27-29-21-10-3-5-12-24(21)32-27)14-15-20(23)28-30-22-11-4-6-13-25(22)33-28/h3-16H,1-2H3. The largest absolute Gasteiger partial charge is 0.456 e. The van der Waals surface area contributed by atoms with E-state index in [0.717, 1.165) is 54.8 Å². The van der Waals surface area contributed by atoms with Gasteiger partial charge in [0.1, 0.15) is 21.5 Å². The molecule has 0 aliphatic heterocycles. The number of para-hydroxylation sites is 3. The van der Waals surface area contributed by atoms with Gasteiger partial charge in [-0.1, -0.05) is 48.5 Å². The van der Waals surface area contributed by atoms with E-state index in [1.807, 2.05) is 12.1 Å². The molecule has 0 spiro atoms. The van der Waals surface area contributed by atoms with Crippen molar-refractivity contribution < 1.29 is 4.74 Å². The van der Waals surface area contributed by atoms with Crippen molar-refractivity contribution in [2.75, 3.05) is 0 Å². The molecule has 0 fully saturated rings. The summed E-state index contributed by atoms with van der Waals surface area (Å²) >= 11 is 3.38. The summed E-state index contributed by atoms with van der Waals surface area (Å²) in [5.41, 5.74) is 6.27. The van der Waals surface area contributed by atoms with E-state index < -0.39 is 0 Å². The third kappa shape index (κ3) is 3.69. The Balaban J connectivity index is 1.52. The number of aromatic nitrogens is 2. The fourth-order valence-corrected chi connectivity index (χ4v) is 5.93. The van der Waals surface area contributed by atoms with Crippen LogP contribution >= 0.6 is 22.7 Å². The Morgan fingerprint density at radius 3 is 1.91 bits per heavy atom. The molecule has 2 aromatic heterocycles. The number of rotatable bonds is 4. The third-order valence-electron chi connectivity index (χ3n) is 5.67. The van der Waals surface area contributed by atoms with Gasteiger partial charge in [-0.05, 0) is 61.4 Å². The van der Waals surface area contributed by atoms with Gasteiger partial charge in [-0.2, -0.15) is 0 Å². The molecular formula is C28H20N2OS2. The first-order valence-corrected chi connectivity index (χ1v) is 12.4. The number of hydrogen-bond donors (Lipinski definition) is 0. The summed E-state index contributed by atoms with van der Waals surface area (Å²) in [4.78, 5) is 9.75. The SMILES string of the molecule is Cc1cccc(C)c1Oc1cc(-c2nc3ccccc3s2)ccc1-c1nc2ccccc2s1. The highest BCUT2D eigenvalue weighted by molar-refractivity contribution is 7.22. The molecule has 0 radical (unpaired) electrons. The summed E-state index contributed by atoms with van der Waals surface area (Å²) in [5, 5.41) is 1.94. The molecule has 6 aromatic rings. The predicted octanol–water partition coefficient (Wildman–Crippen LogP) is 8.65. The molecular weight excluding hydrogens is 444 g/mol. The molecule has 160 valence electrons. The Kier molecular flexibility index (Phi) is 4.93. The number of nitrogens with zero attached hydrogens (tertiary/aromatic N) is 2. The van der Waals surface area contributed by atoms with Crippen molar-refractivity contribution in [3.05, 3.63) is 96.1 Å². The molecule has 0 atom stereocenters. The molecule has 0 aliphatic rings. The van der Waals surface area contributed by atoms with Crippen LogP contribution in [0.4, 0.5) is 0 Å². The Labute approximate surface area is 200 Å². The van der Waals surface area contributed by atoms with E-state index >= 15 is 0 Å². The van der Waals surface area contributed by atoms with Crippen molar-refractivity contribution >= 4 is 43.1 Å². The lowest BCUT2D eigenvalue weighted by Gasteiger charge is -2.15. The molecule has 0 bridgehead atoms. The minimum atomic E-state index is 0.795. The van der Waals surface area contributed by atoms with E-state index in [2.05, 4.69) is 86.6 Å². The summed E-state index contributed by atoms with van der Waals surface area (Å²) in [7, 11) is 0. The highest BCUT2D eigenvalue weighted by atomic mass is 32.1. The highest BCUT2D eigenvalue weighted by Gasteiger charge is 2.17. The second-order valence-electron chi connectivity index (χ2n) is 8.01. The fourth-order valence-electron chi connectivity index (χ4n) is 3.97. The minimum Gasteiger partial charge on any atom is -0.456 e. The smallest absolute Gasteiger partial charge is 0.138 e. The van der Waals surface area contributed by atoms with Gasteiger partial charge < -0.3 is 4.74 Å². The highest BCUT2D eigenvalue weighted by Crippen LogP contribution is 2.42. The molecule has 6 rings (SSSR count). The van der Waals surface area contributed by atoms with E-state index in [0.29, 0.717) is 0 Å². The molecule has 3 nitrogen and oxygen atoms in total. The molecule has 33 heavy (non-hydrogen) atoms. The lowest BCUT2D eigenvalue weighted by atomic mass is 10.1. The van der Waals surface area contributed by atoms with Crippen LogP contribution < -0.4 is 4.74 Å². The summed E-state index contributed by atoms with van der Waals surface area (Å²) in [6, 6.07) is 29.0. The van der Waals surface area contributed by atoms with Crippen molar-refractivity contribution in [3.8, 4) is 32.6 Å². The first kappa shape index (κ1) is 20.1. The average Bonchev–Trinajstić information content (AvgIpc) is 3.45. The van der Waals surface area contributed by atoms with Gasteiger partial charge in [-0.3, -0.25) is 0 Å². The van der Waals surface area contributed by atoms with Crippen LogP contribution in [0.15, 0.2) is 84.9 Å². The van der Waals surface area contributed by atoms with E-state index in [-0.39, 0.29) is 0 Å². The lowest BCUT2D eigenvalue weighted by Crippen LogP contribution is -1.94. The molecule has 4 aromatic carbocycles. The van der Waals surface area contributed by atoms with Crippen LogP contribution in [-0.2, 0) is 0 Å². The van der Waals surface area contributed by atoms with Gasteiger partial charge >= 0.3 is 0 Å². The Morgan fingerprint density at radius 1 is 0.636 bits per heavy atom. The van der Waals surface area contributed by atoms with Crippen molar-refractivity contribution in [2.24, 2.45) is 0 Å². The van der Waals surface area contributed by atoms with Crippen LogP contribution in [0, 0.1) is 13.8 Å². The zero-order valence-electron chi connectivity index (χ0n) is 18.2. The number of thiazole rings is 2. The van der Waals surface area contributed by atoms with Crippen molar-refractivity contribution in [3.63, 3.8) is 0 Å². The quantitative estimate of drug-likeness (QED) is 0.262. The van der Waals surface area contributed by atoms with Crippen LogP contribution in [-0.4, -0.2) is 9.97 Å². The summed E-state index contributed by atoms with van der Waals surface area (Å²) in [6.45, 7) is 4.16. The summed E-state index contributed by atoms with van der Waals surface area (Å²) < 4.78 is 8.95. The van der Waals surface area contributed by atoms with Gasteiger partial charge in [0, 0.05) is 5.56 Å². The zero-order valence-corrected chi connectivity index (χ0v) is 19.8. The van der Waals surface area contributed by atoms with Gasteiger partial charge in [0.05, 0.1) is 26.0 Å². The first-order valence-electron chi connectivity index (χ1n) is 10.8. The number of hydrogen-bond acceptors (Lipinski definition) is 5. The molecule has 0 unspecified atom stereocenters. The average molecular weight is 465 g/mol. The number of aryl methyl sites for hydroxylation is 2. The molecule has 0 saturated heterocycles. The molecule has 0 N–H and O–H groups in total. The predicted molar refractivity (Wildman–Crippen MR) is 140 cm³/mol. The topological polar surface area (TPSA) is 35.0 Å². The first-order chi connectivity index (χ1) is 16.2. The van der Waals surface area contributed by atoms with Crippen LogP contribution in [0.25, 0.3) is 41.6 Å². The van der Waals surface area contributed by atoms with Crippen LogP contribution in [0.2, 0.25) is 0 Å². The van der Waals surface area contributed by atoms with E-state index in [4.69, 9.17) is 14.7 Å². The maximum atomic E-state index is 6.60. The van der Waals surface area contributed by atoms with Crippen molar-refractivity contribution in [1.82, 2.24) is 9.97 Å². The maximum Gasteiger partial charge on any atom is 0.138 e. The van der Waals surface area contributed by atoms with Crippen LogP contribution in [0.1, 0.15) is 11.1 Å². The molecule has 5 heteroatoms. The zero-order chi connectivity index (χ0) is 22.4. The maximum absolute atomic E-state index is 6.60. The van der Waals surface area contributed by atoms with Crippen LogP contribution in [0.3, 0.4) is 0 Å². The Hall–Kier alpha value is -3.54. The van der Waals surface area contributed by atoms with Gasteiger partial charge in [0.2, 0.25) is 0 Å².